The van der Waals surface area contributed by atoms with Crippen molar-refractivity contribution in [2.75, 3.05) is 0 Å². The minimum Gasteiger partial charge on any atom is -0.0990 e. The number of rotatable bonds is 2. The largest absolute Gasteiger partial charge is 0.0990 e. The highest BCUT2D eigenvalue weighted by atomic mass is 32.2. The highest BCUT2D eigenvalue weighted by molar-refractivity contribution is 8.06. The lowest BCUT2D eigenvalue weighted by Gasteiger charge is -2.23. The molecule has 0 spiro atoms. The molecule has 1 aliphatic rings. The van der Waals surface area contributed by atoms with Gasteiger partial charge in [-0.1, -0.05) is 43.8 Å². The minimum atomic E-state index is 0.664. The Kier molecular flexibility index (Phi) is 3.21. The van der Waals surface area contributed by atoms with Crippen molar-refractivity contribution in [2.24, 2.45) is 11.8 Å². The fraction of sp³-hybridized carbons (Fsp3) is 0.455. The molecule has 0 nitrogen and oxygen atoms in total. The highest BCUT2D eigenvalue weighted by Gasteiger charge is 2.16. The van der Waals surface area contributed by atoms with Crippen LogP contribution in [0.2, 0.25) is 0 Å². The normalized spacial score (nSPS) is 29.2. The summed E-state index contributed by atoms with van der Waals surface area (Å²) in [6.45, 7) is 10.5. The van der Waals surface area contributed by atoms with Crippen molar-refractivity contribution in [1.82, 2.24) is 0 Å². The van der Waals surface area contributed by atoms with E-state index in [1.165, 1.54) is 10.5 Å². The predicted molar refractivity (Wildman–Crippen MR) is 58.0 cm³/mol. The van der Waals surface area contributed by atoms with E-state index in [4.69, 9.17) is 0 Å². The molecular formula is C11H16S. The summed E-state index contributed by atoms with van der Waals surface area (Å²) in [5.74, 6) is 1.36. The van der Waals surface area contributed by atoms with E-state index in [2.05, 4.69) is 39.5 Å². The van der Waals surface area contributed by atoms with Gasteiger partial charge in [-0.25, -0.2) is 0 Å². The van der Waals surface area contributed by atoms with Crippen molar-refractivity contribution in [3.63, 3.8) is 0 Å². The van der Waals surface area contributed by atoms with Gasteiger partial charge >= 0.3 is 0 Å². The Hall–Kier alpha value is -0.430. The molecule has 66 valence electrons. The van der Waals surface area contributed by atoms with Gasteiger partial charge in [0.2, 0.25) is 0 Å². The maximum Gasteiger partial charge on any atom is 0.00781 e. The molecule has 0 aromatic carbocycles. The van der Waals surface area contributed by atoms with Gasteiger partial charge in [0.05, 0.1) is 0 Å². The molecule has 0 heterocycles. The summed E-state index contributed by atoms with van der Waals surface area (Å²) in [4.78, 5) is 1.34. The molecule has 0 amide bonds. The maximum atomic E-state index is 3.72. The van der Waals surface area contributed by atoms with Gasteiger partial charge in [0.25, 0.3) is 0 Å². The second-order valence-electron chi connectivity index (χ2n) is 3.39. The van der Waals surface area contributed by atoms with Crippen LogP contribution in [0.3, 0.4) is 0 Å². The van der Waals surface area contributed by atoms with Gasteiger partial charge in [0.1, 0.15) is 0 Å². The van der Waals surface area contributed by atoms with E-state index in [1.54, 1.807) is 11.8 Å². The lowest BCUT2D eigenvalue weighted by molar-refractivity contribution is 0.522. The van der Waals surface area contributed by atoms with Gasteiger partial charge in [-0.15, -0.1) is 0 Å². The topological polar surface area (TPSA) is 0 Å². The molecule has 2 atom stereocenters. The first-order valence-corrected chi connectivity index (χ1v) is 5.20. The second kappa shape index (κ2) is 3.99. The number of allylic oxidation sites excluding steroid dienone is 3. The van der Waals surface area contributed by atoms with Crippen LogP contribution in [-0.4, -0.2) is 0 Å². The number of hydrogen-bond acceptors (Lipinski definition) is 1. The molecule has 12 heavy (non-hydrogen) atoms. The van der Waals surface area contributed by atoms with E-state index in [0.717, 1.165) is 0 Å². The van der Waals surface area contributed by atoms with E-state index < -0.39 is 0 Å². The van der Waals surface area contributed by atoms with Gasteiger partial charge in [-0.3, -0.25) is 0 Å². The second-order valence-corrected chi connectivity index (χ2v) is 4.43. The number of hydrogen-bond donors (Lipinski definition) is 0. The molecule has 1 rings (SSSR count). The standard InChI is InChI=1S/C11H16S/c1-5-12-11-6-8(2)10(4)9(3)7-11/h5-8,10H,1H2,2-4H3. The van der Waals surface area contributed by atoms with Gasteiger partial charge in [0.15, 0.2) is 0 Å². The third-order valence-corrected chi connectivity index (χ3v) is 3.22. The molecule has 1 heteroatoms. The van der Waals surface area contributed by atoms with Crippen LogP contribution in [0.15, 0.2) is 34.6 Å². The quantitative estimate of drug-likeness (QED) is 0.619. The zero-order valence-electron chi connectivity index (χ0n) is 8.00. The van der Waals surface area contributed by atoms with Crippen LogP contribution in [0.1, 0.15) is 20.8 Å². The van der Waals surface area contributed by atoms with Crippen molar-refractivity contribution < 1.29 is 0 Å². The third-order valence-electron chi connectivity index (χ3n) is 2.52. The van der Waals surface area contributed by atoms with Crippen LogP contribution in [0, 0.1) is 11.8 Å². The molecule has 0 aromatic rings. The SMILES string of the molecule is C=CSC1=CC(C)C(C)C(C)=C1. The Bertz CT molecular complexity index is 235. The first-order chi connectivity index (χ1) is 5.65. The number of thioether (sulfide) groups is 1. The van der Waals surface area contributed by atoms with Crippen LogP contribution in [0.4, 0.5) is 0 Å². The van der Waals surface area contributed by atoms with Crippen molar-refractivity contribution >= 4 is 11.8 Å². The van der Waals surface area contributed by atoms with Crippen molar-refractivity contribution in [2.45, 2.75) is 20.8 Å². The summed E-state index contributed by atoms with van der Waals surface area (Å²) in [5, 5.41) is 1.89. The van der Waals surface area contributed by atoms with Crippen LogP contribution in [0.5, 0.6) is 0 Å². The Morgan fingerprint density at radius 1 is 1.50 bits per heavy atom. The van der Waals surface area contributed by atoms with Crippen LogP contribution < -0.4 is 0 Å². The monoisotopic (exact) mass is 180 g/mol. The smallest absolute Gasteiger partial charge is 0.00781 e. The fourth-order valence-corrected chi connectivity index (χ4v) is 2.13. The molecular weight excluding hydrogens is 164 g/mol. The van der Waals surface area contributed by atoms with E-state index in [1.807, 2.05) is 5.41 Å². The van der Waals surface area contributed by atoms with Gasteiger partial charge in [0, 0.05) is 4.91 Å². The lowest BCUT2D eigenvalue weighted by atomic mass is 9.86. The molecule has 0 bridgehead atoms. The average Bonchev–Trinajstić information content (AvgIpc) is 2.01. The Morgan fingerprint density at radius 2 is 2.17 bits per heavy atom. The van der Waals surface area contributed by atoms with Crippen molar-refractivity contribution in [3.8, 4) is 0 Å². The molecule has 0 aliphatic heterocycles. The lowest BCUT2D eigenvalue weighted by Crippen LogP contribution is -2.10. The zero-order chi connectivity index (χ0) is 9.14. The van der Waals surface area contributed by atoms with Gasteiger partial charge in [-0.2, -0.15) is 0 Å². The van der Waals surface area contributed by atoms with Crippen LogP contribution in [-0.2, 0) is 0 Å². The van der Waals surface area contributed by atoms with Crippen molar-refractivity contribution in [1.29, 1.82) is 0 Å². The third kappa shape index (κ3) is 2.04. The summed E-state index contributed by atoms with van der Waals surface area (Å²) >= 11 is 1.71. The van der Waals surface area contributed by atoms with E-state index >= 15 is 0 Å². The molecule has 2 unspecified atom stereocenters. The molecule has 0 N–H and O–H groups in total. The summed E-state index contributed by atoms with van der Waals surface area (Å²) in [7, 11) is 0. The highest BCUT2D eigenvalue weighted by Crippen LogP contribution is 2.32. The first-order valence-electron chi connectivity index (χ1n) is 4.32. The van der Waals surface area contributed by atoms with Crippen LogP contribution >= 0.6 is 11.8 Å². The van der Waals surface area contributed by atoms with Gasteiger partial charge < -0.3 is 0 Å². The average molecular weight is 180 g/mol. The summed E-state index contributed by atoms with van der Waals surface area (Å²) in [5.41, 5.74) is 1.48. The molecule has 0 fully saturated rings. The molecule has 0 radical (unpaired) electrons. The maximum absolute atomic E-state index is 3.72. The summed E-state index contributed by atoms with van der Waals surface area (Å²) in [6, 6.07) is 0. The molecule has 0 saturated carbocycles. The van der Waals surface area contributed by atoms with Crippen molar-refractivity contribution in [3.05, 3.63) is 34.6 Å². The Labute approximate surface area is 79.4 Å². The van der Waals surface area contributed by atoms with E-state index in [-0.39, 0.29) is 0 Å². The minimum absolute atomic E-state index is 0.664. The van der Waals surface area contributed by atoms with Gasteiger partial charge in [-0.05, 0) is 30.2 Å². The molecule has 0 saturated heterocycles. The molecule has 0 aromatic heterocycles. The summed E-state index contributed by atoms with van der Waals surface area (Å²) in [6.07, 6.45) is 4.58. The zero-order valence-corrected chi connectivity index (χ0v) is 8.82. The van der Waals surface area contributed by atoms with E-state index in [0.29, 0.717) is 11.8 Å². The Morgan fingerprint density at radius 3 is 2.67 bits per heavy atom. The first kappa shape index (κ1) is 9.66. The molecule has 1 aliphatic carbocycles. The Balaban J connectivity index is 2.79. The van der Waals surface area contributed by atoms with Crippen LogP contribution in [0.25, 0.3) is 0 Å². The predicted octanol–water partition coefficient (Wildman–Crippen LogP) is 3.98. The summed E-state index contributed by atoms with van der Waals surface area (Å²) < 4.78 is 0. The van der Waals surface area contributed by atoms with E-state index in [9.17, 15) is 0 Å². The fourth-order valence-electron chi connectivity index (χ4n) is 1.39.